The fourth-order valence-electron chi connectivity index (χ4n) is 3.47. The van der Waals surface area contributed by atoms with Gasteiger partial charge in [0.25, 0.3) is 11.6 Å². The highest BCUT2D eigenvalue weighted by molar-refractivity contribution is 6.00. The monoisotopic (exact) mass is 398 g/mol. The van der Waals surface area contributed by atoms with E-state index in [1.54, 1.807) is 23.0 Å². The van der Waals surface area contributed by atoms with Crippen molar-refractivity contribution in [3.63, 3.8) is 0 Å². The van der Waals surface area contributed by atoms with Crippen LogP contribution in [0, 0.1) is 10.1 Å². The molecule has 0 atom stereocenters. The van der Waals surface area contributed by atoms with Gasteiger partial charge in [-0.3, -0.25) is 19.8 Å². The van der Waals surface area contributed by atoms with Crippen LogP contribution in [0.5, 0.6) is 5.75 Å². The molecule has 154 valence electrons. The van der Waals surface area contributed by atoms with Crippen molar-refractivity contribution in [1.29, 1.82) is 0 Å². The SMILES string of the molecule is COc1ccc(CN2CCN(C(=O)c3cc([N+](=O)[O-])ccc3N(C)C)CC2)cc1. The van der Waals surface area contributed by atoms with Gasteiger partial charge < -0.3 is 14.5 Å². The van der Waals surface area contributed by atoms with Gasteiger partial charge in [-0.1, -0.05) is 12.1 Å². The molecular formula is C21H26N4O4. The average molecular weight is 398 g/mol. The molecule has 0 saturated carbocycles. The topological polar surface area (TPSA) is 79.2 Å². The summed E-state index contributed by atoms with van der Waals surface area (Å²) in [6.45, 7) is 3.49. The molecule has 0 aromatic heterocycles. The zero-order valence-electron chi connectivity index (χ0n) is 17.0. The molecule has 2 aromatic rings. The maximum Gasteiger partial charge on any atom is 0.270 e. The van der Waals surface area contributed by atoms with Crippen LogP contribution in [0.1, 0.15) is 15.9 Å². The lowest BCUT2D eigenvalue weighted by Gasteiger charge is -2.35. The number of carbonyl (C=O) groups excluding carboxylic acids is 1. The number of ether oxygens (including phenoxy) is 1. The number of hydrogen-bond acceptors (Lipinski definition) is 6. The van der Waals surface area contributed by atoms with Crippen LogP contribution < -0.4 is 9.64 Å². The first-order chi connectivity index (χ1) is 13.9. The van der Waals surface area contributed by atoms with Crippen molar-refractivity contribution in [2.75, 3.05) is 52.3 Å². The van der Waals surface area contributed by atoms with Gasteiger partial charge in [-0.25, -0.2) is 0 Å². The van der Waals surface area contributed by atoms with E-state index in [1.165, 1.54) is 17.7 Å². The van der Waals surface area contributed by atoms with Crippen molar-refractivity contribution < 1.29 is 14.5 Å². The highest BCUT2D eigenvalue weighted by Gasteiger charge is 2.26. The molecule has 29 heavy (non-hydrogen) atoms. The molecule has 8 heteroatoms. The molecule has 2 aromatic carbocycles. The third kappa shape index (κ3) is 4.83. The Morgan fingerprint density at radius 1 is 1.10 bits per heavy atom. The third-order valence-electron chi connectivity index (χ3n) is 5.13. The summed E-state index contributed by atoms with van der Waals surface area (Å²) in [5, 5.41) is 11.1. The molecule has 0 radical (unpaired) electrons. The highest BCUT2D eigenvalue weighted by Crippen LogP contribution is 2.26. The van der Waals surface area contributed by atoms with Crippen molar-refractivity contribution in [1.82, 2.24) is 9.80 Å². The molecule has 1 heterocycles. The molecule has 1 aliphatic heterocycles. The Hall–Kier alpha value is -3.13. The predicted octanol–water partition coefficient (Wildman–Crippen LogP) is 2.63. The lowest BCUT2D eigenvalue weighted by Crippen LogP contribution is -2.48. The van der Waals surface area contributed by atoms with E-state index in [1.807, 2.05) is 38.4 Å². The third-order valence-corrected chi connectivity index (χ3v) is 5.13. The van der Waals surface area contributed by atoms with Crippen LogP contribution >= 0.6 is 0 Å². The number of nitro groups is 1. The minimum Gasteiger partial charge on any atom is -0.497 e. The summed E-state index contributed by atoms with van der Waals surface area (Å²) >= 11 is 0. The summed E-state index contributed by atoms with van der Waals surface area (Å²) < 4.78 is 5.19. The molecule has 0 aliphatic carbocycles. The molecule has 1 amide bonds. The number of non-ortho nitro benzene ring substituents is 1. The Balaban J connectivity index is 1.66. The Bertz CT molecular complexity index is 875. The van der Waals surface area contributed by atoms with Crippen LogP contribution in [0.25, 0.3) is 0 Å². The quantitative estimate of drug-likeness (QED) is 0.550. The lowest BCUT2D eigenvalue weighted by molar-refractivity contribution is -0.384. The van der Waals surface area contributed by atoms with Crippen LogP contribution in [0.2, 0.25) is 0 Å². The molecule has 1 fully saturated rings. The normalized spacial score (nSPS) is 14.5. The average Bonchev–Trinajstić information content (AvgIpc) is 2.73. The fourth-order valence-corrected chi connectivity index (χ4v) is 3.47. The number of hydrogen-bond donors (Lipinski definition) is 0. The van der Waals surface area contributed by atoms with Gasteiger partial charge in [0.15, 0.2) is 0 Å². The molecule has 3 rings (SSSR count). The van der Waals surface area contributed by atoms with Gasteiger partial charge in [0.2, 0.25) is 0 Å². The van der Waals surface area contributed by atoms with Crippen molar-refractivity contribution in [2.24, 2.45) is 0 Å². The number of carbonyl (C=O) groups is 1. The molecule has 0 N–H and O–H groups in total. The first-order valence-corrected chi connectivity index (χ1v) is 9.49. The van der Waals surface area contributed by atoms with Gasteiger partial charge in [-0.05, 0) is 23.8 Å². The van der Waals surface area contributed by atoms with E-state index in [4.69, 9.17) is 4.74 Å². The Morgan fingerprint density at radius 3 is 2.31 bits per heavy atom. The van der Waals surface area contributed by atoms with Gasteiger partial charge >= 0.3 is 0 Å². The van der Waals surface area contributed by atoms with Crippen molar-refractivity contribution >= 4 is 17.3 Å². The predicted molar refractivity (Wildman–Crippen MR) is 112 cm³/mol. The maximum absolute atomic E-state index is 13.1. The minimum absolute atomic E-state index is 0.0721. The van der Waals surface area contributed by atoms with Crippen molar-refractivity contribution in [3.05, 3.63) is 63.7 Å². The lowest BCUT2D eigenvalue weighted by atomic mass is 10.1. The second kappa shape index (κ2) is 8.91. The summed E-state index contributed by atoms with van der Waals surface area (Å²) in [5.74, 6) is 0.666. The van der Waals surface area contributed by atoms with E-state index in [0.29, 0.717) is 24.3 Å². The molecule has 8 nitrogen and oxygen atoms in total. The number of piperazine rings is 1. The second-order valence-corrected chi connectivity index (χ2v) is 7.27. The highest BCUT2D eigenvalue weighted by atomic mass is 16.6. The second-order valence-electron chi connectivity index (χ2n) is 7.27. The molecular weight excluding hydrogens is 372 g/mol. The molecule has 0 bridgehead atoms. The van der Waals surface area contributed by atoms with Crippen molar-refractivity contribution in [3.8, 4) is 5.75 Å². The molecule has 0 unspecified atom stereocenters. The van der Waals surface area contributed by atoms with Gasteiger partial charge in [0.05, 0.1) is 17.6 Å². The molecule has 1 saturated heterocycles. The molecule has 0 spiro atoms. The zero-order valence-corrected chi connectivity index (χ0v) is 17.0. The van der Waals surface area contributed by atoms with Gasteiger partial charge in [0.1, 0.15) is 5.75 Å². The van der Waals surface area contributed by atoms with Gasteiger partial charge in [0, 0.05) is 64.6 Å². The number of benzene rings is 2. The number of methoxy groups -OCH3 is 1. The number of amides is 1. The van der Waals surface area contributed by atoms with E-state index in [-0.39, 0.29) is 11.6 Å². The Labute approximate surface area is 170 Å². The fraction of sp³-hybridized carbons (Fsp3) is 0.381. The van der Waals surface area contributed by atoms with Crippen LogP contribution in [0.15, 0.2) is 42.5 Å². The molecule has 1 aliphatic rings. The number of rotatable bonds is 6. The Kier molecular flexibility index (Phi) is 6.33. The number of anilines is 1. The largest absolute Gasteiger partial charge is 0.497 e. The minimum atomic E-state index is -0.469. The summed E-state index contributed by atoms with van der Waals surface area (Å²) in [6, 6.07) is 12.4. The van der Waals surface area contributed by atoms with Gasteiger partial charge in [-0.15, -0.1) is 0 Å². The zero-order chi connectivity index (χ0) is 21.0. The summed E-state index contributed by atoms with van der Waals surface area (Å²) in [7, 11) is 5.30. The van der Waals surface area contributed by atoms with E-state index in [9.17, 15) is 14.9 Å². The van der Waals surface area contributed by atoms with Crippen molar-refractivity contribution in [2.45, 2.75) is 6.54 Å². The van der Waals surface area contributed by atoms with Crippen LogP contribution in [-0.2, 0) is 6.54 Å². The maximum atomic E-state index is 13.1. The number of nitro benzene ring substituents is 1. The van der Waals surface area contributed by atoms with E-state index in [0.717, 1.165) is 25.4 Å². The smallest absolute Gasteiger partial charge is 0.270 e. The first-order valence-electron chi connectivity index (χ1n) is 9.49. The summed E-state index contributed by atoms with van der Waals surface area (Å²) in [4.78, 5) is 29.6. The summed E-state index contributed by atoms with van der Waals surface area (Å²) in [6.07, 6.45) is 0. The van der Waals surface area contributed by atoms with Crippen LogP contribution in [0.3, 0.4) is 0 Å². The Morgan fingerprint density at radius 2 is 1.76 bits per heavy atom. The number of nitrogens with zero attached hydrogens (tertiary/aromatic N) is 4. The van der Waals surface area contributed by atoms with Crippen LogP contribution in [0.4, 0.5) is 11.4 Å². The van der Waals surface area contributed by atoms with Gasteiger partial charge in [-0.2, -0.15) is 0 Å². The van der Waals surface area contributed by atoms with E-state index >= 15 is 0 Å². The van der Waals surface area contributed by atoms with Crippen LogP contribution in [-0.4, -0.2) is 68.0 Å². The standard InChI is InChI=1S/C21H26N4O4/c1-22(2)20-9-6-17(25(27)28)14-19(20)21(26)24-12-10-23(11-13-24)15-16-4-7-18(29-3)8-5-16/h4-9,14H,10-13,15H2,1-3H3. The summed E-state index contributed by atoms with van der Waals surface area (Å²) in [5.41, 5.74) is 2.17. The van der Waals surface area contributed by atoms with E-state index in [2.05, 4.69) is 4.90 Å². The first kappa shape index (κ1) is 20.6. The van der Waals surface area contributed by atoms with E-state index < -0.39 is 4.92 Å².